The summed E-state index contributed by atoms with van der Waals surface area (Å²) in [5, 5.41) is 9.20. The van der Waals surface area contributed by atoms with Crippen LogP contribution in [0.2, 0.25) is 0 Å². The van der Waals surface area contributed by atoms with Crippen molar-refractivity contribution in [3.63, 3.8) is 0 Å². The van der Waals surface area contributed by atoms with E-state index in [1.807, 2.05) is 13.0 Å². The fraction of sp³-hybridized carbons (Fsp3) is 0.500. The second-order valence-corrected chi connectivity index (χ2v) is 4.86. The number of aromatic nitrogens is 1. The van der Waals surface area contributed by atoms with Crippen molar-refractivity contribution in [2.24, 2.45) is 5.73 Å². The van der Waals surface area contributed by atoms with Gasteiger partial charge in [-0.1, -0.05) is 12.2 Å². The van der Waals surface area contributed by atoms with E-state index >= 15 is 0 Å². The Balaban J connectivity index is 2.19. The fourth-order valence-corrected chi connectivity index (χ4v) is 2.20. The molecule has 2 atom stereocenters. The summed E-state index contributed by atoms with van der Waals surface area (Å²) in [6.07, 6.45) is 1.58. The molecular formula is C12H17N3O2S. The van der Waals surface area contributed by atoms with Crippen LogP contribution in [0.3, 0.4) is 0 Å². The predicted molar refractivity (Wildman–Crippen MR) is 73.8 cm³/mol. The molecule has 98 valence electrons. The van der Waals surface area contributed by atoms with Crippen LogP contribution >= 0.6 is 12.2 Å². The maximum absolute atomic E-state index is 9.20. The van der Waals surface area contributed by atoms with Gasteiger partial charge in [0, 0.05) is 24.8 Å². The first-order valence-electron chi connectivity index (χ1n) is 5.87. The number of aliphatic hydroxyl groups excluding tert-OH is 1. The van der Waals surface area contributed by atoms with Crippen molar-refractivity contribution in [3.8, 4) is 0 Å². The van der Waals surface area contributed by atoms with Gasteiger partial charge in [0.05, 0.1) is 18.8 Å². The molecule has 2 rings (SSSR count). The van der Waals surface area contributed by atoms with Gasteiger partial charge in [-0.2, -0.15) is 0 Å². The zero-order valence-corrected chi connectivity index (χ0v) is 11.1. The van der Waals surface area contributed by atoms with E-state index < -0.39 is 0 Å². The molecule has 0 spiro atoms. The topological polar surface area (TPSA) is 71.6 Å². The predicted octanol–water partition coefficient (Wildman–Crippen LogP) is 0.302. The summed E-state index contributed by atoms with van der Waals surface area (Å²) < 4.78 is 5.59. The summed E-state index contributed by atoms with van der Waals surface area (Å²) in [6, 6.07) is 3.66. The zero-order chi connectivity index (χ0) is 13.1. The van der Waals surface area contributed by atoms with Gasteiger partial charge in [-0.3, -0.25) is 0 Å². The third-order valence-corrected chi connectivity index (χ3v) is 3.12. The number of aliphatic hydroxyl groups is 1. The van der Waals surface area contributed by atoms with Crippen LogP contribution in [0.1, 0.15) is 12.5 Å². The highest BCUT2D eigenvalue weighted by Crippen LogP contribution is 2.19. The number of pyridine rings is 1. The van der Waals surface area contributed by atoms with Crippen molar-refractivity contribution in [1.82, 2.24) is 4.98 Å². The Bertz CT molecular complexity index is 441. The molecule has 2 unspecified atom stereocenters. The van der Waals surface area contributed by atoms with Crippen molar-refractivity contribution in [3.05, 3.63) is 23.9 Å². The quantitative estimate of drug-likeness (QED) is 0.768. The molecule has 5 nitrogen and oxygen atoms in total. The number of anilines is 1. The lowest BCUT2D eigenvalue weighted by Crippen LogP contribution is -2.48. The van der Waals surface area contributed by atoms with E-state index in [1.54, 1.807) is 12.3 Å². The standard InChI is InChI=1S/C12H17N3O2S/c1-8-5-15(6-10(7-16)17-8)11-4-9(12(13)18)2-3-14-11/h2-4,8,10,16H,5-7H2,1H3,(H2,13,18). The van der Waals surface area contributed by atoms with Crippen LogP contribution in [0.5, 0.6) is 0 Å². The largest absolute Gasteiger partial charge is 0.394 e. The number of hydrogen-bond acceptors (Lipinski definition) is 5. The number of ether oxygens (including phenoxy) is 1. The summed E-state index contributed by atoms with van der Waals surface area (Å²) in [6.45, 7) is 3.35. The second-order valence-electron chi connectivity index (χ2n) is 4.42. The molecule has 2 heterocycles. The number of nitrogens with zero attached hydrogens (tertiary/aromatic N) is 2. The van der Waals surface area contributed by atoms with E-state index in [0.29, 0.717) is 11.5 Å². The van der Waals surface area contributed by atoms with Gasteiger partial charge >= 0.3 is 0 Å². The van der Waals surface area contributed by atoms with Gasteiger partial charge in [0.15, 0.2) is 0 Å². The van der Waals surface area contributed by atoms with Gasteiger partial charge in [-0.25, -0.2) is 4.98 Å². The lowest BCUT2D eigenvalue weighted by Gasteiger charge is -2.36. The second kappa shape index (κ2) is 5.60. The third kappa shape index (κ3) is 2.95. The van der Waals surface area contributed by atoms with Crippen LogP contribution < -0.4 is 10.6 Å². The average molecular weight is 267 g/mol. The minimum absolute atomic E-state index is 0.00975. The summed E-state index contributed by atoms with van der Waals surface area (Å²) in [7, 11) is 0. The molecule has 0 aromatic carbocycles. The maximum atomic E-state index is 9.20. The molecule has 0 amide bonds. The fourth-order valence-electron chi connectivity index (χ4n) is 2.08. The molecule has 6 heteroatoms. The molecule has 0 aliphatic carbocycles. The van der Waals surface area contributed by atoms with E-state index in [1.165, 1.54) is 0 Å². The lowest BCUT2D eigenvalue weighted by molar-refractivity contribution is -0.0423. The highest BCUT2D eigenvalue weighted by atomic mass is 32.1. The molecule has 0 saturated carbocycles. The van der Waals surface area contributed by atoms with Crippen LogP contribution in [0.25, 0.3) is 0 Å². The van der Waals surface area contributed by atoms with Crippen LogP contribution in [0.15, 0.2) is 18.3 Å². The van der Waals surface area contributed by atoms with Gasteiger partial charge in [0.2, 0.25) is 0 Å². The van der Waals surface area contributed by atoms with Gasteiger partial charge in [-0.05, 0) is 19.1 Å². The van der Waals surface area contributed by atoms with Crippen molar-refractivity contribution in [2.75, 3.05) is 24.6 Å². The van der Waals surface area contributed by atoms with Crippen molar-refractivity contribution >= 4 is 23.0 Å². The van der Waals surface area contributed by atoms with E-state index in [4.69, 9.17) is 22.7 Å². The van der Waals surface area contributed by atoms with Crippen LogP contribution in [-0.2, 0) is 4.74 Å². The summed E-state index contributed by atoms with van der Waals surface area (Å²) in [5.74, 6) is 0.814. The molecule has 0 radical (unpaired) electrons. The van der Waals surface area contributed by atoms with Crippen molar-refractivity contribution < 1.29 is 9.84 Å². The van der Waals surface area contributed by atoms with E-state index in [9.17, 15) is 5.11 Å². The molecule has 1 aromatic heterocycles. The number of rotatable bonds is 3. The summed E-state index contributed by atoms with van der Waals surface area (Å²) in [4.78, 5) is 6.76. The smallest absolute Gasteiger partial charge is 0.129 e. The molecule has 3 N–H and O–H groups in total. The Morgan fingerprint density at radius 3 is 3.11 bits per heavy atom. The number of hydrogen-bond donors (Lipinski definition) is 2. The molecule has 1 aliphatic rings. The molecule has 18 heavy (non-hydrogen) atoms. The van der Waals surface area contributed by atoms with Crippen LogP contribution in [-0.4, -0.2) is 47.0 Å². The Kier molecular flexibility index (Phi) is 4.11. The van der Waals surface area contributed by atoms with Gasteiger partial charge < -0.3 is 20.5 Å². The Morgan fingerprint density at radius 1 is 1.67 bits per heavy atom. The zero-order valence-electron chi connectivity index (χ0n) is 10.2. The van der Waals surface area contributed by atoms with Crippen LogP contribution in [0.4, 0.5) is 5.82 Å². The SMILES string of the molecule is CC1CN(c2cc(C(N)=S)ccn2)CC(CO)O1. The number of nitrogens with two attached hydrogens (primary N) is 1. The lowest BCUT2D eigenvalue weighted by atomic mass is 10.2. The minimum Gasteiger partial charge on any atom is -0.394 e. The first-order chi connectivity index (χ1) is 8.60. The third-order valence-electron chi connectivity index (χ3n) is 2.88. The van der Waals surface area contributed by atoms with Gasteiger partial charge in [0.25, 0.3) is 0 Å². The highest BCUT2D eigenvalue weighted by molar-refractivity contribution is 7.80. The molecule has 1 aliphatic heterocycles. The highest BCUT2D eigenvalue weighted by Gasteiger charge is 2.25. The maximum Gasteiger partial charge on any atom is 0.129 e. The minimum atomic E-state index is -0.177. The van der Waals surface area contributed by atoms with Gasteiger partial charge in [-0.15, -0.1) is 0 Å². The number of thiocarbonyl (C=S) groups is 1. The monoisotopic (exact) mass is 267 g/mol. The average Bonchev–Trinajstić information content (AvgIpc) is 2.38. The Hall–Kier alpha value is -1.24. The van der Waals surface area contributed by atoms with Crippen LogP contribution in [0, 0.1) is 0 Å². The normalized spacial score (nSPS) is 24.0. The Morgan fingerprint density at radius 2 is 2.44 bits per heavy atom. The summed E-state index contributed by atoms with van der Waals surface area (Å²) in [5.41, 5.74) is 6.41. The van der Waals surface area contributed by atoms with Crippen molar-refractivity contribution in [2.45, 2.75) is 19.1 Å². The van der Waals surface area contributed by atoms with Crippen molar-refractivity contribution in [1.29, 1.82) is 0 Å². The molecule has 1 saturated heterocycles. The Labute approximate surface area is 112 Å². The molecule has 1 fully saturated rings. The number of morpholine rings is 1. The van der Waals surface area contributed by atoms with E-state index in [0.717, 1.165) is 17.9 Å². The summed E-state index contributed by atoms with van der Waals surface area (Å²) >= 11 is 4.96. The first kappa shape index (κ1) is 13.2. The molecule has 1 aromatic rings. The van der Waals surface area contributed by atoms with E-state index in [-0.39, 0.29) is 18.8 Å². The first-order valence-corrected chi connectivity index (χ1v) is 6.28. The van der Waals surface area contributed by atoms with E-state index in [2.05, 4.69) is 9.88 Å². The van der Waals surface area contributed by atoms with Gasteiger partial charge in [0.1, 0.15) is 10.8 Å². The molecular weight excluding hydrogens is 250 g/mol. The molecule has 0 bridgehead atoms.